The van der Waals surface area contributed by atoms with E-state index in [4.69, 9.17) is 5.11 Å². The van der Waals surface area contributed by atoms with Crippen LogP contribution in [0.2, 0.25) is 0 Å². The summed E-state index contributed by atoms with van der Waals surface area (Å²) in [5.41, 5.74) is 0.876. The Bertz CT molecular complexity index is 1050. The highest BCUT2D eigenvalue weighted by molar-refractivity contribution is 9.12. The fourth-order valence-electron chi connectivity index (χ4n) is 2.32. The second-order valence-electron chi connectivity index (χ2n) is 5.15. The molecule has 1 aliphatic rings. The number of allylic oxidation sites excluding steroid dienone is 2. The average Bonchev–Trinajstić information content (AvgIpc) is 2.59. The predicted octanol–water partition coefficient (Wildman–Crippen LogP) is 3.04. The highest BCUT2D eigenvalue weighted by atomic mass is 79.9. The van der Waals surface area contributed by atoms with Gasteiger partial charge in [0.05, 0.1) is 20.7 Å². The number of rotatable bonds is 3. The monoisotopic (exact) mass is 419 g/mol. The van der Waals surface area contributed by atoms with Gasteiger partial charge in [0.25, 0.3) is 10.0 Å². The molecule has 0 heterocycles. The second kappa shape index (κ2) is 6.38. The largest absolute Gasteiger partial charge is 0.478 e. The molecule has 0 atom stereocenters. The molecular weight excluding hydrogens is 410 g/mol. The van der Waals surface area contributed by atoms with Gasteiger partial charge in [-0.25, -0.2) is 4.79 Å². The smallest absolute Gasteiger partial charge is 0.335 e. The van der Waals surface area contributed by atoms with Crippen molar-refractivity contribution in [1.29, 1.82) is 0 Å². The summed E-state index contributed by atoms with van der Waals surface area (Å²) in [7, 11) is -4.07. The first-order valence-corrected chi connectivity index (χ1v) is 9.22. The fraction of sp³-hybridized carbons (Fsp3) is 0. The number of carbonyl (C=O) groups excluding carboxylic acids is 1. The summed E-state index contributed by atoms with van der Waals surface area (Å²) < 4.78 is 29.1. The van der Waals surface area contributed by atoms with Crippen LogP contribution in [-0.2, 0) is 10.0 Å². The van der Waals surface area contributed by atoms with Crippen LogP contribution in [0.25, 0.3) is 0 Å². The number of hydrogen-bond acceptors (Lipinski definition) is 4. The molecule has 1 N–H and O–H groups in total. The third kappa shape index (κ3) is 3.31. The normalized spacial score (nSPS) is 15.6. The summed E-state index contributed by atoms with van der Waals surface area (Å²) in [6.45, 7) is 0. The zero-order valence-electron chi connectivity index (χ0n) is 12.5. The molecule has 126 valence electrons. The summed E-state index contributed by atoms with van der Waals surface area (Å²) in [5.74, 6) is -1.40. The lowest BCUT2D eigenvalue weighted by molar-refractivity contribution is 0.0696. The number of benzene rings is 2. The number of Topliss-reactive ketones (excluding diaryl/α,β-unsaturated/α-hetero) is 1. The van der Waals surface area contributed by atoms with E-state index in [1.54, 1.807) is 24.3 Å². The Hall–Kier alpha value is -2.58. The van der Waals surface area contributed by atoms with E-state index >= 15 is 0 Å². The zero-order valence-corrected chi connectivity index (χ0v) is 14.9. The minimum atomic E-state index is -4.07. The van der Waals surface area contributed by atoms with Gasteiger partial charge < -0.3 is 5.11 Å². The van der Waals surface area contributed by atoms with E-state index in [1.807, 2.05) is 0 Å². The molecule has 2 aromatic carbocycles. The molecule has 25 heavy (non-hydrogen) atoms. The predicted molar refractivity (Wildman–Crippen MR) is 94.9 cm³/mol. The highest BCUT2D eigenvalue weighted by Gasteiger charge is 2.24. The molecule has 6 nitrogen and oxygen atoms in total. The Labute approximate surface area is 151 Å². The van der Waals surface area contributed by atoms with Crippen LogP contribution in [0.5, 0.6) is 0 Å². The summed E-state index contributed by atoms with van der Waals surface area (Å²) in [6, 6.07) is 11.3. The lowest BCUT2D eigenvalue weighted by Gasteiger charge is -2.14. The first-order valence-electron chi connectivity index (χ1n) is 6.99. The van der Waals surface area contributed by atoms with E-state index in [-0.39, 0.29) is 26.4 Å². The number of carbonyl (C=O) groups is 2. The maximum absolute atomic E-state index is 12.5. The molecule has 0 radical (unpaired) electrons. The number of sulfonamides is 1. The molecule has 0 amide bonds. The van der Waals surface area contributed by atoms with Crippen molar-refractivity contribution in [2.75, 3.05) is 0 Å². The van der Waals surface area contributed by atoms with Crippen molar-refractivity contribution in [2.24, 2.45) is 4.40 Å². The molecule has 0 saturated heterocycles. The number of carboxylic acids is 1. The van der Waals surface area contributed by atoms with Gasteiger partial charge in [0.2, 0.25) is 5.78 Å². The number of nitrogens with zero attached hydrogens (tertiary/aromatic N) is 1. The van der Waals surface area contributed by atoms with Gasteiger partial charge in [-0.15, -0.1) is 0 Å². The quantitative estimate of drug-likeness (QED) is 0.823. The molecule has 0 aliphatic heterocycles. The fourth-order valence-corrected chi connectivity index (χ4v) is 3.75. The first-order chi connectivity index (χ1) is 11.8. The summed E-state index contributed by atoms with van der Waals surface area (Å²) in [6.07, 6.45) is 1.35. The van der Waals surface area contributed by atoms with Crippen LogP contribution in [0, 0.1) is 0 Å². The average molecular weight is 420 g/mol. The van der Waals surface area contributed by atoms with Crippen molar-refractivity contribution >= 4 is 43.4 Å². The number of carboxylic acid groups (broad SMARTS) is 1. The number of hydrogen-bond donors (Lipinski definition) is 1. The Morgan fingerprint density at radius 3 is 2.20 bits per heavy atom. The Balaban J connectivity index is 2.10. The van der Waals surface area contributed by atoms with Gasteiger partial charge in [-0.05, 0) is 46.3 Å². The van der Waals surface area contributed by atoms with E-state index < -0.39 is 16.0 Å². The standard InChI is InChI=1S/C17H10BrNO5S/c18-14-9-15(12-3-1-2-4-13(12)16(14)20)19-25(23,24)11-7-5-10(6-8-11)17(21)22/h1-9H,(H,21,22)/b19-15+. The Kier molecular flexibility index (Phi) is 4.40. The number of halogens is 1. The van der Waals surface area contributed by atoms with Crippen molar-refractivity contribution in [3.05, 3.63) is 75.8 Å². The number of aromatic carboxylic acids is 1. The molecule has 0 aromatic heterocycles. The van der Waals surface area contributed by atoms with E-state index in [9.17, 15) is 18.0 Å². The highest BCUT2D eigenvalue weighted by Crippen LogP contribution is 2.26. The Morgan fingerprint density at radius 1 is 1.00 bits per heavy atom. The van der Waals surface area contributed by atoms with E-state index in [2.05, 4.69) is 20.3 Å². The van der Waals surface area contributed by atoms with Gasteiger partial charge in [-0.2, -0.15) is 12.8 Å². The molecule has 0 spiro atoms. The molecule has 0 fully saturated rings. The van der Waals surface area contributed by atoms with Crippen molar-refractivity contribution in [3.8, 4) is 0 Å². The van der Waals surface area contributed by atoms with E-state index in [0.29, 0.717) is 11.1 Å². The number of ketones is 1. The molecule has 0 saturated carbocycles. The van der Waals surface area contributed by atoms with Crippen molar-refractivity contribution in [3.63, 3.8) is 0 Å². The van der Waals surface area contributed by atoms with Gasteiger partial charge in [-0.1, -0.05) is 24.3 Å². The van der Waals surface area contributed by atoms with Crippen molar-refractivity contribution < 1.29 is 23.1 Å². The minimum absolute atomic E-state index is 0.0251. The zero-order chi connectivity index (χ0) is 18.2. The topological polar surface area (TPSA) is 101 Å². The molecule has 2 aromatic rings. The first kappa shape index (κ1) is 17.2. The lowest BCUT2D eigenvalue weighted by Crippen LogP contribution is -2.16. The maximum atomic E-state index is 12.5. The van der Waals surface area contributed by atoms with Gasteiger partial charge in [-0.3, -0.25) is 4.79 Å². The maximum Gasteiger partial charge on any atom is 0.335 e. The minimum Gasteiger partial charge on any atom is -0.478 e. The number of fused-ring (bicyclic) bond motifs is 1. The molecular formula is C17H10BrNO5S. The molecule has 0 bridgehead atoms. The summed E-state index contributed by atoms with van der Waals surface area (Å²) >= 11 is 3.12. The second-order valence-corrected chi connectivity index (χ2v) is 7.61. The Morgan fingerprint density at radius 2 is 1.60 bits per heavy atom. The molecule has 1 aliphatic carbocycles. The molecule has 3 rings (SSSR count). The van der Waals surface area contributed by atoms with E-state index in [1.165, 1.54) is 30.3 Å². The SMILES string of the molecule is O=C(O)c1ccc(S(=O)(=O)/N=C2\C=C(Br)C(=O)c3ccccc32)cc1. The van der Waals surface area contributed by atoms with Gasteiger partial charge >= 0.3 is 5.97 Å². The molecule has 8 heteroatoms. The van der Waals surface area contributed by atoms with Gasteiger partial charge in [0.1, 0.15) is 0 Å². The van der Waals surface area contributed by atoms with Crippen molar-refractivity contribution in [1.82, 2.24) is 0 Å². The summed E-state index contributed by atoms with van der Waals surface area (Å²) in [4.78, 5) is 22.8. The molecule has 0 unspecified atom stereocenters. The van der Waals surface area contributed by atoms with Crippen LogP contribution in [-0.4, -0.2) is 31.0 Å². The van der Waals surface area contributed by atoms with Crippen LogP contribution in [0.4, 0.5) is 0 Å². The van der Waals surface area contributed by atoms with Crippen LogP contribution < -0.4 is 0 Å². The van der Waals surface area contributed by atoms with Gasteiger partial charge in [0.15, 0.2) is 0 Å². The third-order valence-electron chi connectivity index (χ3n) is 3.55. The van der Waals surface area contributed by atoms with Crippen LogP contribution in [0.3, 0.4) is 0 Å². The third-order valence-corrected chi connectivity index (χ3v) is 5.44. The van der Waals surface area contributed by atoms with Crippen LogP contribution in [0.15, 0.2) is 68.4 Å². The van der Waals surface area contributed by atoms with Crippen LogP contribution >= 0.6 is 15.9 Å². The van der Waals surface area contributed by atoms with Crippen LogP contribution in [0.1, 0.15) is 26.3 Å². The van der Waals surface area contributed by atoms with E-state index in [0.717, 1.165) is 0 Å². The summed E-state index contributed by atoms with van der Waals surface area (Å²) in [5, 5.41) is 8.88. The van der Waals surface area contributed by atoms with Crippen molar-refractivity contribution in [2.45, 2.75) is 4.90 Å². The van der Waals surface area contributed by atoms with Gasteiger partial charge in [0, 0.05) is 11.1 Å². The lowest BCUT2D eigenvalue weighted by atomic mass is 9.94.